The smallest absolute Gasteiger partial charge is 0.354 e. The van der Waals surface area contributed by atoms with E-state index in [4.69, 9.17) is 0 Å². The van der Waals surface area contributed by atoms with Crippen LogP contribution in [0.25, 0.3) is 10.9 Å². The van der Waals surface area contributed by atoms with Gasteiger partial charge in [-0.1, -0.05) is 42.5 Å². The minimum atomic E-state index is -1.09. The molecule has 2 aromatic carbocycles. The molecule has 0 bridgehead atoms. The van der Waals surface area contributed by atoms with E-state index in [1.54, 1.807) is 12.1 Å². The molecule has 3 aromatic rings. The van der Waals surface area contributed by atoms with E-state index in [0.717, 1.165) is 17.4 Å². The van der Waals surface area contributed by atoms with Gasteiger partial charge in [0.05, 0.1) is 0 Å². The number of carboxylic acid groups (broad SMARTS) is 1. The van der Waals surface area contributed by atoms with Crippen LogP contribution in [0.3, 0.4) is 0 Å². The Morgan fingerprint density at radius 2 is 1.77 bits per heavy atom. The fourth-order valence-electron chi connectivity index (χ4n) is 2.54. The van der Waals surface area contributed by atoms with Gasteiger partial charge in [-0.15, -0.1) is 0 Å². The van der Waals surface area contributed by atoms with Crippen LogP contribution >= 0.6 is 0 Å². The van der Waals surface area contributed by atoms with Crippen LogP contribution < -0.4 is 0 Å². The Morgan fingerprint density at radius 3 is 2.50 bits per heavy atom. The zero-order valence-electron chi connectivity index (χ0n) is 11.9. The lowest BCUT2D eigenvalue weighted by Gasteiger charge is -2.09. The van der Waals surface area contributed by atoms with Crippen molar-refractivity contribution in [3.8, 4) is 5.75 Å². The Labute approximate surface area is 127 Å². The summed E-state index contributed by atoms with van der Waals surface area (Å²) in [6.45, 7) is 0. The van der Waals surface area contributed by atoms with Crippen molar-refractivity contribution in [1.29, 1.82) is 0 Å². The Kier molecular flexibility index (Phi) is 3.74. The van der Waals surface area contributed by atoms with Gasteiger partial charge in [0.25, 0.3) is 0 Å². The average molecular weight is 293 g/mol. The fourth-order valence-corrected chi connectivity index (χ4v) is 2.54. The molecule has 0 aliphatic heterocycles. The largest absolute Gasteiger partial charge is 0.506 e. The molecule has 0 unspecified atom stereocenters. The Bertz CT molecular complexity index is 828. The van der Waals surface area contributed by atoms with E-state index < -0.39 is 5.97 Å². The van der Waals surface area contributed by atoms with Crippen LogP contribution in [0, 0.1) is 0 Å². The molecule has 4 nitrogen and oxygen atoms in total. The van der Waals surface area contributed by atoms with E-state index in [1.165, 1.54) is 11.6 Å². The summed E-state index contributed by atoms with van der Waals surface area (Å²) in [6, 6.07) is 16.7. The number of pyridine rings is 1. The Morgan fingerprint density at radius 1 is 1.00 bits per heavy atom. The SMILES string of the molecule is O=C(O)c1cc(CCc2ccccc2)c2cccc(O)c2n1. The molecule has 2 N–H and O–H groups in total. The van der Waals surface area contributed by atoms with E-state index in [1.807, 2.05) is 36.4 Å². The molecular weight excluding hydrogens is 278 g/mol. The predicted octanol–water partition coefficient (Wildman–Crippen LogP) is 3.42. The summed E-state index contributed by atoms with van der Waals surface area (Å²) in [5, 5.41) is 19.9. The van der Waals surface area contributed by atoms with Crippen molar-refractivity contribution in [2.75, 3.05) is 0 Å². The summed E-state index contributed by atoms with van der Waals surface area (Å²) in [7, 11) is 0. The summed E-state index contributed by atoms with van der Waals surface area (Å²) in [4.78, 5) is 15.3. The maximum absolute atomic E-state index is 11.2. The van der Waals surface area contributed by atoms with E-state index in [-0.39, 0.29) is 11.4 Å². The van der Waals surface area contributed by atoms with Gasteiger partial charge in [-0.05, 0) is 36.1 Å². The van der Waals surface area contributed by atoms with Crippen LogP contribution in [0.2, 0.25) is 0 Å². The van der Waals surface area contributed by atoms with Gasteiger partial charge in [0.15, 0.2) is 0 Å². The van der Waals surface area contributed by atoms with E-state index >= 15 is 0 Å². The quantitative estimate of drug-likeness (QED) is 0.773. The number of para-hydroxylation sites is 1. The summed E-state index contributed by atoms with van der Waals surface area (Å²) in [5.74, 6) is -1.09. The maximum Gasteiger partial charge on any atom is 0.354 e. The van der Waals surface area contributed by atoms with E-state index in [2.05, 4.69) is 4.98 Å². The minimum Gasteiger partial charge on any atom is -0.506 e. The molecule has 1 heterocycles. The van der Waals surface area contributed by atoms with Gasteiger partial charge in [0.2, 0.25) is 0 Å². The van der Waals surface area contributed by atoms with Gasteiger partial charge in [-0.3, -0.25) is 0 Å². The monoisotopic (exact) mass is 293 g/mol. The van der Waals surface area contributed by atoms with Crippen LogP contribution in [0.1, 0.15) is 21.6 Å². The fraction of sp³-hybridized carbons (Fsp3) is 0.111. The molecule has 0 fully saturated rings. The summed E-state index contributed by atoms with van der Waals surface area (Å²) >= 11 is 0. The molecule has 0 saturated heterocycles. The molecule has 110 valence electrons. The molecule has 0 aliphatic rings. The van der Waals surface area contributed by atoms with Gasteiger partial charge >= 0.3 is 5.97 Å². The van der Waals surface area contributed by atoms with Crippen LogP contribution in [-0.2, 0) is 12.8 Å². The number of nitrogens with zero attached hydrogens (tertiary/aromatic N) is 1. The van der Waals surface area contributed by atoms with Crippen molar-refractivity contribution in [2.24, 2.45) is 0 Å². The first-order chi connectivity index (χ1) is 10.6. The molecule has 22 heavy (non-hydrogen) atoms. The highest BCUT2D eigenvalue weighted by Crippen LogP contribution is 2.27. The van der Waals surface area contributed by atoms with Gasteiger partial charge in [-0.2, -0.15) is 0 Å². The first-order valence-corrected chi connectivity index (χ1v) is 7.04. The van der Waals surface area contributed by atoms with E-state index in [9.17, 15) is 15.0 Å². The topological polar surface area (TPSA) is 70.4 Å². The number of rotatable bonds is 4. The van der Waals surface area contributed by atoms with Crippen molar-refractivity contribution in [3.05, 3.63) is 71.4 Å². The van der Waals surface area contributed by atoms with Gasteiger partial charge in [0.1, 0.15) is 17.0 Å². The zero-order chi connectivity index (χ0) is 15.5. The Balaban J connectivity index is 2.03. The average Bonchev–Trinajstić information content (AvgIpc) is 2.54. The first-order valence-electron chi connectivity index (χ1n) is 7.04. The molecule has 1 aromatic heterocycles. The molecule has 4 heteroatoms. The predicted molar refractivity (Wildman–Crippen MR) is 84.2 cm³/mol. The number of aromatic nitrogens is 1. The van der Waals surface area contributed by atoms with Gasteiger partial charge in [0, 0.05) is 5.39 Å². The number of fused-ring (bicyclic) bond motifs is 1. The molecular formula is C18H15NO3. The number of benzene rings is 2. The zero-order valence-corrected chi connectivity index (χ0v) is 11.9. The van der Waals surface area contributed by atoms with Crippen LogP contribution in [0.15, 0.2) is 54.6 Å². The third-order valence-corrected chi connectivity index (χ3v) is 3.65. The normalized spacial score (nSPS) is 10.7. The second-order valence-electron chi connectivity index (χ2n) is 5.13. The third-order valence-electron chi connectivity index (χ3n) is 3.65. The number of aryl methyl sites for hydroxylation is 2. The standard InChI is InChI=1S/C18H15NO3/c20-16-8-4-7-14-13(10-9-12-5-2-1-3-6-12)11-15(18(21)22)19-17(14)16/h1-8,11,20H,9-10H2,(H,21,22). The molecule has 0 aliphatic carbocycles. The molecule has 0 amide bonds. The van der Waals surface area contributed by atoms with Crippen molar-refractivity contribution in [2.45, 2.75) is 12.8 Å². The summed E-state index contributed by atoms with van der Waals surface area (Å²) < 4.78 is 0. The molecule has 0 atom stereocenters. The minimum absolute atomic E-state index is 0.00145. The Hall–Kier alpha value is -2.88. The lowest BCUT2D eigenvalue weighted by molar-refractivity contribution is 0.0691. The second-order valence-corrected chi connectivity index (χ2v) is 5.13. The van der Waals surface area contributed by atoms with Crippen molar-refractivity contribution < 1.29 is 15.0 Å². The van der Waals surface area contributed by atoms with E-state index in [0.29, 0.717) is 11.9 Å². The van der Waals surface area contributed by atoms with Gasteiger partial charge < -0.3 is 10.2 Å². The van der Waals surface area contributed by atoms with Crippen molar-refractivity contribution in [3.63, 3.8) is 0 Å². The summed E-state index contributed by atoms with van der Waals surface area (Å²) in [6.07, 6.45) is 1.49. The first kappa shape index (κ1) is 14.1. The number of carboxylic acids is 1. The van der Waals surface area contributed by atoms with Crippen molar-refractivity contribution in [1.82, 2.24) is 4.98 Å². The van der Waals surface area contributed by atoms with Crippen molar-refractivity contribution >= 4 is 16.9 Å². The van der Waals surface area contributed by atoms with Crippen LogP contribution in [0.4, 0.5) is 0 Å². The molecule has 0 radical (unpaired) electrons. The van der Waals surface area contributed by atoms with Gasteiger partial charge in [-0.25, -0.2) is 9.78 Å². The number of phenols is 1. The number of carbonyl (C=O) groups is 1. The number of hydrogen-bond donors (Lipinski definition) is 2. The van der Waals surface area contributed by atoms with Crippen LogP contribution in [0.5, 0.6) is 5.75 Å². The maximum atomic E-state index is 11.2. The van der Waals surface area contributed by atoms with Crippen LogP contribution in [-0.4, -0.2) is 21.2 Å². The molecule has 0 spiro atoms. The second kappa shape index (κ2) is 5.85. The number of phenolic OH excluding ortho intramolecular Hbond substituents is 1. The highest BCUT2D eigenvalue weighted by atomic mass is 16.4. The molecule has 0 saturated carbocycles. The number of aromatic hydroxyl groups is 1. The lowest BCUT2D eigenvalue weighted by atomic mass is 10.00. The number of hydrogen-bond acceptors (Lipinski definition) is 3. The highest BCUT2D eigenvalue weighted by Gasteiger charge is 2.13. The lowest BCUT2D eigenvalue weighted by Crippen LogP contribution is -2.03. The molecule has 3 rings (SSSR count). The number of aromatic carboxylic acids is 1. The summed E-state index contributed by atoms with van der Waals surface area (Å²) in [5.41, 5.74) is 2.36. The third kappa shape index (κ3) is 2.76. The highest BCUT2D eigenvalue weighted by molar-refractivity contribution is 5.93.